The molecule has 1 aliphatic rings. The van der Waals surface area contributed by atoms with E-state index in [0.717, 1.165) is 4.68 Å². The predicted molar refractivity (Wildman–Crippen MR) is 91.7 cm³/mol. The highest BCUT2D eigenvalue weighted by atomic mass is 32.2. The molecule has 1 aromatic carbocycles. The SMILES string of the molecule is COC(=O)c1c([SH]2C=CC=C2)nn(C(=O)Oc2ccccc2)c1C. The number of ether oxygens (including phenoxy) is 2. The van der Waals surface area contributed by atoms with Gasteiger partial charge in [0.05, 0.1) is 12.8 Å². The van der Waals surface area contributed by atoms with Gasteiger partial charge in [-0.1, -0.05) is 30.4 Å². The Morgan fingerprint density at radius 1 is 1.12 bits per heavy atom. The zero-order valence-corrected chi connectivity index (χ0v) is 14.1. The molecule has 2 heterocycles. The molecule has 24 heavy (non-hydrogen) atoms. The number of hydrogen-bond donors (Lipinski definition) is 1. The zero-order valence-electron chi connectivity index (χ0n) is 13.2. The molecule has 0 unspecified atom stereocenters. The van der Waals surface area contributed by atoms with Crippen LogP contribution in [0.5, 0.6) is 5.75 Å². The van der Waals surface area contributed by atoms with Crippen molar-refractivity contribution in [1.29, 1.82) is 0 Å². The van der Waals surface area contributed by atoms with Crippen LogP contribution in [0.1, 0.15) is 16.1 Å². The first-order chi connectivity index (χ1) is 11.6. The fraction of sp³-hybridized carbons (Fsp3) is 0.118. The molecule has 0 atom stereocenters. The molecule has 0 bridgehead atoms. The summed E-state index contributed by atoms with van der Waals surface area (Å²) in [5, 5.41) is 8.77. The Morgan fingerprint density at radius 3 is 2.42 bits per heavy atom. The normalized spacial score (nSPS) is 14.0. The molecule has 0 fully saturated rings. The van der Waals surface area contributed by atoms with Gasteiger partial charge in [0, 0.05) is 0 Å². The summed E-state index contributed by atoms with van der Waals surface area (Å²) in [4.78, 5) is 24.6. The Labute approximate surface area is 141 Å². The fourth-order valence-electron chi connectivity index (χ4n) is 2.30. The number of para-hydroxylation sites is 1. The van der Waals surface area contributed by atoms with Crippen LogP contribution in [0.2, 0.25) is 0 Å². The smallest absolute Gasteiger partial charge is 0.440 e. The highest BCUT2D eigenvalue weighted by Gasteiger charge is 2.27. The number of rotatable bonds is 3. The van der Waals surface area contributed by atoms with Crippen molar-refractivity contribution < 1.29 is 19.1 Å². The Hall–Kier alpha value is -2.80. The molecule has 0 aliphatic carbocycles. The van der Waals surface area contributed by atoms with E-state index in [2.05, 4.69) is 5.10 Å². The lowest BCUT2D eigenvalue weighted by molar-refractivity contribution is 0.0596. The number of hydrogen-bond acceptors (Lipinski definition) is 5. The molecule has 0 N–H and O–H groups in total. The lowest BCUT2D eigenvalue weighted by Gasteiger charge is -2.08. The van der Waals surface area contributed by atoms with E-state index in [1.807, 2.05) is 29.0 Å². The first-order valence-electron chi connectivity index (χ1n) is 7.20. The summed E-state index contributed by atoms with van der Waals surface area (Å²) in [6.07, 6.45) is 3.12. The van der Waals surface area contributed by atoms with E-state index in [9.17, 15) is 9.59 Å². The van der Waals surface area contributed by atoms with Crippen LogP contribution in [0.15, 0.2) is 58.3 Å². The number of esters is 1. The molecule has 0 amide bonds. The molecule has 1 aliphatic heterocycles. The van der Waals surface area contributed by atoms with E-state index >= 15 is 0 Å². The second kappa shape index (κ2) is 6.76. The maximum absolute atomic E-state index is 12.4. The highest BCUT2D eigenvalue weighted by molar-refractivity contribution is 8.22. The van der Waals surface area contributed by atoms with E-state index < -0.39 is 23.0 Å². The van der Waals surface area contributed by atoms with Gasteiger partial charge in [0.2, 0.25) is 0 Å². The van der Waals surface area contributed by atoms with Crippen LogP contribution in [-0.4, -0.2) is 29.0 Å². The van der Waals surface area contributed by atoms with Crippen LogP contribution in [0.25, 0.3) is 0 Å². The highest BCUT2D eigenvalue weighted by Crippen LogP contribution is 2.43. The Balaban J connectivity index is 1.99. The lowest BCUT2D eigenvalue weighted by Crippen LogP contribution is -2.20. The summed E-state index contributed by atoms with van der Waals surface area (Å²) in [5.74, 6) is -0.109. The third kappa shape index (κ3) is 2.98. The first kappa shape index (κ1) is 16.1. The quantitative estimate of drug-likeness (QED) is 0.682. The minimum Gasteiger partial charge on any atom is -0.465 e. The van der Waals surface area contributed by atoms with Gasteiger partial charge in [-0.2, -0.15) is 20.7 Å². The van der Waals surface area contributed by atoms with Crippen LogP contribution >= 0.6 is 10.9 Å². The van der Waals surface area contributed by atoms with E-state index in [1.54, 1.807) is 31.2 Å². The maximum atomic E-state index is 12.4. The van der Waals surface area contributed by atoms with Crippen LogP contribution in [0.3, 0.4) is 0 Å². The monoisotopic (exact) mass is 344 g/mol. The second-order valence-electron chi connectivity index (χ2n) is 4.96. The van der Waals surface area contributed by atoms with Crippen LogP contribution in [0, 0.1) is 6.92 Å². The largest absolute Gasteiger partial charge is 0.465 e. The predicted octanol–water partition coefficient (Wildman–Crippen LogP) is 3.43. The van der Waals surface area contributed by atoms with Gasteiger partial charge < -0.3 is 9.47 Å². The van der Waals surface area contributed by atoms with Crippen molar-refractivity contribution in [3.05, 3.63) is 64.6 Å². The summed E-state index contributed by atoms with van der Waals surface area (Å²) in [5.41, 5.74) is 0.707. The van der Waals surface area contributed by atoms with Crippen LogP contribution in [-0.2, 0) is 4.74 Å². The molecular formula is C17H16N2O4S. The molecule has 6 nitrogen and oxygen atoms in total. The molecule has 0 saturated carbocycles. The summed E-state index contributed by atoms with van der Waals surface area (Å²) in [6.45, 7) is 1.65. The molecular weight excluding hydrogens is 328 g/mol. The number of thiol groups is 1. The minimum absolute atomic E-state index is 0.310. The molecule has 124 valence electrons. The lowest BCUT2D eigenvalue weighted by atomic mass is 10.3. The number of methoxy groups -OCH3 is 1. The van der Waals surface area contributed by atoms with Crippen molar-refractivity contribution >= 4 is 23.0 Å². The number of allylic oxidation sites excluding steroid dienone is 2. The summed E-state index contributed by atoms with van der Waals surface area (Å²) in [7, 11) is 0.424. The van der Waals surface area contributed by atoms with Crippen molar-refractivity contribution in [2.45, 2.75) is 11.9 Å². The third-order valence-electron chi connectivity index (χ3n) is 3.46. The molecule has 1 aromatic heterocycles. The molecule has 0 spiro atoms. The van der Waals surface area contributed by atoms with Gasteiger partial charge in [-0.15, -0.1) is 0 Å². The standard InChI is InChI=1S/C17H16N2O4S/c1-12-14(16(20)22-2)15(24-10-6-7-11-24)18-19(12)17(21)23-13-8-4-3-5-9-13/h3-11,24H,1-2H3. The summed E-state index contributed by atoms with van der Waals surface area (Å²) >= 11 is 0. The molecule has 0 saturated heterocycles. The van der Waals surface area contributed by atoms with Gasteiger partial charge in [-0.05, 0) is 29.9 Å². The van der Waals surface area contributed by atoms with E-state index in [-0.39, 0.29) is 0 Å². The summed E-state index contributed by atoms with van der Waals surface area (Å²) in [6, 6.07) is 8.70. The molecule has 3 rings (SSSR count). The topological polar surface area (TPSA) is 70.4 Å². The average Bonchev–Trinajstić information content (AvgIpc) is 3.22. The third-order valence-corrected chi connectivity index (χ3v) is 5.25. The summed E-state index contributed by atoms with van der Waals surface area (Å²) < 4.78 is 11.3. The number of carbonyl (C=O) groups excluding carboxylic acids is 2. The van der Waals surface area contributed by atoms with Gasteiger partial charge in [0.1, 0.15) is 16.3 Å². The van der Waals surface area contributed by atoms with Crippen LogP contribution < -0.4 is 4.74 Å². The van der Waals surface area contributed by atoms with Crippen molar-refractivity contribution in [2.75, 3.05) is 7.11 Å². The Bertz CT molecular complexity index is 828. The first-order valence-corrected chi connectivity index (χ1v) is 8.68. The number of aromatic nitrogens is 2. The van der Waals surface area contributed by atoms with E-state index in [1.165, 1.54) is 7.11 Å². The van der Waals surface area contributed by atoms with Gasteiger partial charge >= 0.3 is 12.1 Å². The Kier molecular flexibility index (Phi) is 4.52. The van der Waals surface area contributed by atoms with E-state index in [4.69, 9.17) is 9.47 Å². The molecule has 0 radical (unpaired) electrons. The van der Waals surface area contributed by atoms with Gasteiger partial charge in [0.25, 0.3) is 0 Å². The van der Waals surface area contributed by atoms with Crippen molar-refractivity contribution in [1.82, 2.24) is 9.78 Å². The van der Waals surface area contributed by atoms with Gasteiger partial charge in [-0.25, -0.2) is 9.59 Å². The number of nitrogens with zero attached hydrogens (tertiary/aromatic N) is 2. The second-order valence-corrected chi connectivity index (χ2v) is 6.79. The molecule has 2 aromatic rings. The van der Waals surface area contributed by atoms with E-state index in [0.29, 0.717) is 22.0 Å². The zero-order chi connectivity index (χ0) is 17.1. The molecule has 7 heteroatoms. The minimum atomic E-state index is -0.880. The van der Waals surface area contributed by atoms with Crippen LogP contribution in [0.4, 0.5) is 4.79 Å². The van der Waals surface area contributed by atoms with Gasteiger partial charge in [0.15, 0.2) is 0 Å². The maximum Gasteiger partial charge on any atom is 0.440 e. The van der Waals surface area contributed by atoms with Crippen molar-refractivity contribution in [3.63, 3.8) is 0 Å². The van der Waals surface area contributed by atoms with Gasteiger partial charge in [-0.3, -0.25) is 0 Å². The average molecular weight is 344 g/mol. The number of carbonyl (C=O) groups is 2. The van der Waals surface area contributed by atoms with Crippen molar-refractivity contribution in [2.24, 2.45) is 0 Å². The fourth-order valence-corrected chi connectivity index (χ4v) is 3.95. The number of benzene rings is 1. The van der Waals surface area contributed by atoms with Crippen molar-refractivity contribution in [3.8, 4) is 5.75 Å². The Morgan fingerprint density at radius 2 is 1.79 bits per heavy atom.